The molecule has 1 aliphatic carbocycles. The van der Waals surface area contributed by atoms with Crippen LogP contribution in [-0.4, -0.2) is 33.9 Å². The van der Waals surface area contributed by atoms with Crippen molar-refractivity contribution < 1.29 is 4.79 Å². The van der Waals surface area contributed by atoms with Gasteiger partial charge in [0.1, 0.15) is 0 Å². The lowest BCUT2D eigenvalue weighted by molar-refractivity contribution is 0.0947. The normalized spacial score (nSPS) is 18.1. The molecule has 5 rings (SSSR count). The molecule has 3 heterocycles. The molecule has 1 saturated heterocycles. The van der Waals surface area contributed by atoms with Gasteiger partial charge in [-0.2, -0.15) is 0 Å². The molecular weight excluding hydrogens is 422 g/mol. The van der Waals surface area contributed by atoms with Crippen molar-refractivity contribution in [3.8, 4) is 0 Å². The van der Waals surface area contributed by atoms with Gasteiger partial charge in [0, 0.05) is 30.9 Å². The fraction of sp³-hybridized carbons (Fsp3) is 0.429. The number of nitrogens with zero attached hydrogens (tertiary/aromatic N) is 4. The first kappa shape index (κ1) is 22.5. The highest BCUT2D eigenvalue weighted by Crippen LogP contribution is 2.47. The Hall–Kier alpha value is -3.28. The van der Waals surface area contributed by atoms with Crippen LogP contribution in [0.15, 0.2) is 60.9 Å². The third-order valence-electron chi connectivity index (χ3n) is 7.48. The minimum Gasteiger partial charge on any atom is -0.346 e. The van der Waals surface area contributed by atoms with Gasteiger partial charge in [-0.05, 0) is 49.3 Å². The molecule has 3 aromatic rings. The summed E-state index contributed by atoms with van der Waals surface area (Å²) in [7, 11) is 0. The molecule has 0 unspecified atom stereocenters. The molecule has 1 N–H and O–H groups in total. The second-order valence-corrected chi connectivity index (χ2v) is 9.76. The first-order valence-electron chi connectivity index (χ1n) is 12.5. The van der Waals surface area contributed by atoms with Crippen LogP contribution in [0.1, 0.15) is 72.8 Å². The highest BCUT2D eigenvalue weighted by atomic mass is 16.1. The van der Waals surface area contributed by atoms with Gasteiger partial charge in [0.2, 0.25) is 5.95 Å². The van der Waals surface area contributed by atoms with Crippen molar-refractivity contribution >= 4 is 11.9 Å². The molecule has 2 aromatic heterocycles. The summed E-state index contributed by atoms with van der Waals surface area (Å²) in [6, 6.07) is 16.3. The first-order chi connectivity index (χ1) is 16.7. The Labute approximate surface area is 201 Å². The molecule has 176 valence electrons. The fourth-order valence-electron chi connectivity index (χ4n) is 5.43. The number of amides is 1. The van der Waals surface area contributed by atoms with E-state index in [0.717, 1.165) is 74.9 Å². The number of aromatic nitrogens is 3. The zero-order chi connectivity index (χ0) is 23.4. The van der Waals surface area contributed by atoms with Crippen molar-refractivity contribution in [3.63, 3.8) is 0 Å². The summed E-state index contributed by atoms with van der Waals surface area (Å²) in [5.41, 5.74) is 3.26. The molecule has 0 radical (unpaired) electrons. The van der Waals surface area contributed by atoms with Gasteiger partial charge in [-0.15, -0.1) is 0 Å². The van der Waals surface area contributed by atoms with Gasteiger partial charge in [-0.25, -0.2) is 9.97 Å². The van der Waals surface area contributed by atoms with Crippen LogP contribution >= 0.6 is 0 Å². The molecule has 6 heteroatoms. The maximum absolute atomic E-state index is 13.5. The molecule has 0 atom stereocenters. The van der Waals surface area contributed by atoms with Gasteiger partial charge in [-0.3, -0.25) is 9.78 Å². The second-order valence-electron chi connectivity index (χ2n) is 9.76. The smallest absolute Gasteiger partial charge is 0.255 e. The lowest BCUT2D eigenvalue weighted by Gasteiger charge is -2.34. The van der Waals surface area contributed by atoms with Gasteiger partial charge in [0.15, 0.2) is 0 Å². The summed E-state index contributed by atoms with van der Waals surface area (Å²) in [4.78, 5) is 30.0. The number of nitrogens with one attached hydrogen (secondary N) is 1. The Morgan fingerprint density at radius 1 is 1.03 bits per heavy atom. The topological polar surface area (TPSA) is 71.0 Å². The number of rotatable bonds is 6. The van der Waals surface area contributed by atoms with E-state index in [4.69, 9.17) is 9.97 Å². The fourth-order valence-corrected chi connectivity index (χ4v) is 5.43. The van der Waals surface area contributed by atoms with Crippen molar-refractivity contribution in [2.45, 2.75) is 57.4 Å². The Bertz CT molecular complexity index is 1100. The summed E-state index contributed by atoms with van der Waals surface area (Å²) >= 11 is 0. The minimum atomic E-state index is -0.264. The summed E-state index contributed by atoms with van der Waals surface area (Å²) in [6.45, 7) is 4.61. The van der Waals surface area contributed by atoms with E-state index >= 15 is 0 Å². The monoisotopic (exact) mass is 455 g/mol. The van der Waals surface area contributed by atoms with Gasteiger partial charge in [-0.1, -0.05) is 56.2 Å². The molecule has 6 nitrogen and oxygen atoms in total. The van der Waals surface area contributed by atoms with E-state index in [1.54, 1.807) is 12.4 Å². The van der Waals surface area contributed by atoms with E-state index in [1.165, 1.54) is 5.56 Å². The van der Waals surface area contributed by atoms with Crippen LogP contribution in [0, 0.1) is 5.92 Å². The number of carbonyl (C=O) groups excluding carboxylic acids is 1. The van der Waals surface area contributed by atoms with Gasteiger partial charge < -0.3 is 10.2 Å². The van der Waals surface area contributed by atoms with E-state index in [1.807, 2.05) is 24.3 Å². The minimum absolute atomic E-state index is 0.137. The van der Waals surface area contributed by atoms with Gasteiger partial charge in [0.05, 0.1) is 23.5 Å². The summed E-state index contributed by atoms with van der Waals surface area (Å²) in [5, 5.41) is 3.06. The summed E-state index contributed by atoms with van der Waals surface area (Å²) in [6.07, 6.45) is 10.0. The van der Waals surface area contributed by atoms with Crippen LogP contribution in [0.2, 0.25) is 0 Å². The number of pyridine rings is 1. The van der Waals surface area contributed by atoms with Crippen molar-refractivity contribution in [2.24, 2.45) is 5.92 Å². The highest BCUT2D eigenvalue weighted by molar-refractivity contribution is 5.95. The number of anilines is 1. The SMILES string of the molecule is CC1CCN(c2ncc(C(=O)NCc3ccccn3)c(C3(c4ccccc4)CCCC3)n2)CC1. The van der Waals surface area contributed by atoms with E-state index in [9.17, 15) is 4.79 Å². The lowest BCUT2D eigenvalue weighted by Crippen LogP contribution is -2.37. The second kappa shape index (κ2) is 9.92. The third-order valence-corrected chi connectivity index (χ3v) is 7.48. The number of hydrogen-bond donors (Lipinski definition) is 1. The van der Waals surface area contributed by atoms with Crippen LogP contribution in [0.3, 0.4) is 0 Å². The van der Waals surface area contributed by atoms with Crippen molar-refractivity contribution in [3.05, 3.63) is 83.4 Å². The van der Waals surface area contributed by atoms with Crippen molar-refractivity contribution in [2.75, 3.05) is 18.0 Å². The standard InChI is InChI=1S/C28H33N5O/c1-21-12-17-33(18-13-21)27-31-20-24(26(34)30-19-23-11-5-8-16-29-23)25(32-27)28(14-6-7-15-28)22-9-3-2-4-10-22/h2-5,8-11,16,20-21H,6-7,12-15,17-19H2,1H3,(H,30,34). The van der Waals surface area contributed by atoms with Crippen LogP contribution in [-0.2, 0) is 12.0 Å². The number of benzene rings is 1. The molecule has 1 saturated carbocycles. The Morgan fingerprint density at radius 3 is 2.47 bits per heavy atom. The van der Waals surface area contributed by atoms with E-state index in [-0.39, 0.29) is 11.3 Å². The Balaban J connectivity index is 1.53. The Morgan fingerprint density at radius 2 is 1.76 bits per heavy atom. The third kappa shape index (κ3) is 4.54. The molecule has 0 bridgehead atoms. The molecule has 34 heavy (non-hydrogen) atoms. The predicted molar refractivity (Wildman–Crippen MR) is 134 cm³/mol. The number of carbonyl (C=O) groups is 1. The molecule has 1 amide bonds. The average molecular weight is 456 g/mol. The molecule has 1 aromatic carbocycles. The van der Waals surface area contributed by atoms with Gasteiger partial charge >= 0.3 is 0 Å². The predicted octanol–water partition coefficient (Wildman–Crippen LogP) is 4.90. The van der Waals surface area contributed by atoms with Gasteiger partial charge in [0.25, 0.3) is 5.91 Å². The largest absolute Gasteiger partial charge is 0.346 e. The first-order valence-corrected chi connectivity index (χ1v) is 12.5. The highest BCUT2D eigenvalue weighted by Gasteiger charge is 2.42. The molecule has 1 aliphatic heterocycles. The molecule has 2 fully saturated rings. The van der Waals surface area contributed by atoms with Crippen LogP contribution in [0.4, 0.5) is 5.95 Å². The Kier molecular flexibility index (Phi) is 6.57. The summed E-state index contributed by atoms with van der Waals surface area (Å²) in [5.74, 6) is 1.35. The maximum Gasteiger partial charge on any atom is 0.255 e. The van der Waals surface area contributed by atoms with E-state index in [2.05, 4.69) is 46.4 Å². The van der Waals surface area contributed by atoms with E-state index in [0.29, 0.717) is 12.1 Å². The van der Waals surface area contributed by atoms with Crippen LogP contribution < -0.4 is 10.2 Å². The number of hydrogen-bond acceptors (Lipinski definition) is 5. The quantitative estimate of drug-likeness (QED) is 0.573. The zero-order valence-corrected chi connectivity index (χ0v) is 19.9. The maximum atomic E-state index is 13.5. The lowest BCUT2D eigenvalue weighted by atomic mass is 9.74. The molecule has 0 spiro atoms. The van der Waals surface area contributed by atoms with Crippen molar-refractivity contribution in [1.29, 1.82) is 0 Å². The average Bonchev–Trinajstić information content (AvgIpc) is 3.40. The number of piperidine rings is 1. The van der Waals surface area contributed by atoms with Crippen LogP contribution in [0.5, 0.6) is 0 Å². The van der Waals surface area contributed by atoms with Crippen LogP contribution in [0.25, 0.3) is 0 Å². The summed E-state index contributed by atoms with van der Waals surface area (Å²) < 4.78 is 0. The molecule has 2 aliphatic rings. The van der Waals surface area contributed by atoms with Crippen molar-refractivity contribution in [1.82, 2.24) is 20.3 Å². The molecular formula is C28H33N5O. The zero-order valence-electron chi connectivity index (χ0n) is 19.9. The van der Waals surface area contributed by atoms with E-state index < -0.39 is 0 Å².